The average molecular weight is 178 g/mol. The highest BCUT2D eigenvalue weighted by Crippen LogP contribution is 2.23. The molecule has 1 aliphatic rings. The highest BCUT2D eigenvalue weighted by atomic mass is 16.5. The first-order valence-corrected chi connectivity index (χ1v) is 4.65. The molecule has 0 radical (unpaired) electrons. The standard InChI is InChI=1S/C10H14N2O/c1-7-5-10(12-8(2)11-7)9-3-4-13-6-9/h5,9H,3-4,6H2,1-2H3/t9-/m1/s1. The molecule has 0 amide bonds. The van der Waals surface area contributed by atoms with Crippen molar-refractivity contribution in [2.75, 3.05) is 13.2 Å². The Hall–Kier alpha value is -0.960. The lowest BCUT2D eigenvalue weighted by Crippen LogP contribution is -2.04. The fourth-order valence-electron chi connectivity index (χ4n) is 1.72. The third kappa shape index (κ3) is 1.86. The van der Waals surface area contributed by atoms with Crippen molar-refractivity contribution in [1.82, 2.24) is 9.97 Å². The van der Waals surface area contributed by atoms with Crippen LogP contribution in [0, 0.1) is 13.8 Å². The van der Waals surface area contributed by atoms with Gasteiger partial charge in [0.15, 0.2) is 0 Å². The molecule has 13 heavy (non-hydrogen) atoms. The molecular formula is C10H14N2O. The Bertz CT molecular complexity index is 286. The van der Waals surface area contributed by atoms with Crippen molar-refractivity contribution in [3.05, 3.63) is 23.3 Å². The van der Waals surface area contributed by atoms with Crippen LogP contribution in [0.5, 0.6) is 0 Å². The third-order valence-electron chi connectivity index (χ3n) is 2.33. The molecule has 2 heterocycles. The van der Waals surface area contributed by atoms with Gasteiger partial charge in [-0.1, -0.05) is 0 Å². The Morgan fingerprint density at radius 2 is 2.23 bits per heavy atom. The van der Waals surface area contributed by atoms with Gasteiger partial charge >= 0.3 is 0 Å². The van der Waals surface area contributed by atoms with Crippen LogP contribution in [-0.2, 0) is 4.74 Å². The molecule has 1 aromatic heterocycles. The zero-order valence-electron chi connectivity index (χ0n) is 8.08. The maximum absolute atomic E-state index is 5.33. The minimum atomic E-state index is 0.486. The van der Waals surface area contributed by atoms with Crippen LogP contribution < -0.4 is 0 Å². The Kier molecular flexibility index (Phi) is 2.27. The second-order valence-corrected chi connectivity index (χ2v) is 3.54. The van der Waals surface area contributed by atoms with Crippen LogP contribution in [-0.4, -0.2) is 23.2 Å². The molecule has 3 nitrogen and oxygen atoms in total. The first-order valence-electron chi connectivity index (χ1n) is 4.65. The second kappa shape index (κ2) is 3.42. The summed E-state index contributed by atoms with van der Waals surface area (Å²) in [6.45, 7) is 5.63. The van der Waals surface area contributed by atoms with Gasteiger partial charge in [0.25, 0.3) is 0 Å². The van der Waals surface area contributed by atoms with Crippen molar-refractivity contribution in [1.29, 1.82) is 0 Å². The maximum atomic E-state index is 5.33. The zero-order valence-corrected chi connectivity index (χ0v) is 8.08. The maximum Gasteiger partial charge on any atom is 0.125 e. The van der Waals surface area contributed by atoms with Gasteiger partial charge in [0, 0.05) is 23.9 Å². The van der Waals surface area contributed by atoms with Crippen LogP contribution in [0.2, 0.25) is 0 Å². The first-order chi connectivity index (χ1) is 6.25. The van der Waals surface area contributed by atoms with Crippen LogP contribution in [0.25, 0.3) is 0 Å². The molecule has 1 aromatic rings. The number of nitrogens with zero attached hydrogens (tertiary/aromatic N) is 2. The smallest absolute Gasteiger partial charge is 0.125 e. The highest BCUT2D eigenvalue weighted by molar-refractivity contribution is 5.14. The number of hydrogen-bond acceptors (Lipinski definition) is 3. The molecule has 1 atom stereocenters. The number of ether oxygens (including phenoxy) is 1. The summed E-state index contributed by atoms with van der Waals surface area (Å²) in [6.07, 6.45) is 1.09. The summed E-state index contributed by atoms with van der Waals surface area (Å²) in [7, 11) is 0. The van der Waals surface area contributed by atoms with E-state index in [0.717, 1.165) is 36.8 Å². The van der Waals surface area contributed by atoms with Crippen molar-refractivity contribution >= 4 is 0 Å². The number of rotatable bonds is 1. The summed E-state index contributed by atoms with van der Waals surface area (Å²) in [5, 5.41) is 0. The average Bonchev–Trinajstić information content (AvgIpc) is 2.53. The van der Waals surface area contributed by atoms with Gasteiger partial charge in [-0.2, -0.15) is 0 Å². The number of hydrogen-bond donors (Lipinski definition) is 0. The molecule has 0 aliphatic carbocycles. The molecule has 1 aliphatic heterocycles. The summed E-state index contributed by atoms with van der Waals surface area (Å²) < 4.78 is 5.33. The topological polar surface area (TPSA) is 35.0 Å². The molecule has 0 N–H and O–H groups in total. The van der Waals surface area contributed by atoms with E-state index in [2.05, 4.69) is 16.0 Å². The molecular weight excluding hydrogens is 164 g/mol. The molecule has 2 rings (SSSR count). The van der Waals surface area contributed by atoms with Crippen molar-refractivity contribution in [2.45, 2.75) is 26.2 Å². The first kappa shape index (κ1) is 8.63. The molecule has 0 bridgehead atoms. The van der Waals surface area contributed by atoms with Crippen molar-refractivity contribution in [2.24, 2.45) is 0 Å². The van der Waals surface area contributed by atoms with E-state index in [1.807, 2.05) is 13.8 Å². The monoisotopic (exact) mass is 178 g/mol. The van der Waals surface area contributed by atoms with Gasteiger partial charge in [0.2, 0.25) is 0 Å². The van der Waals surface area contributed by atoms with E-state index in [1.54, 1.807) is 0 Å². The summed E-state index contributed by atoms with van der Waals surface area (Å²) in [5.41, 5.74) is 2.19. The van der Waals surface area contributed by atoms with E-state index < -0.39 is 0 Å². The van der Waals surface area contributed by atoms with Crippen LogP contribution in [0.1, 0.15) is 29.6 Å². The molecule has 0 unspecified atom stereocenters. The zero-order chi connectivity index (χ0) is 9.26. The molecule has 1 saturated heterocycles. The van der Waals surface area contributed by atoms with E-state index in [0.29, 0.717) is 5.92 Å². The van der Waals surface area contributed by atoms with Gasteiger partial charge in [-0.15, -0.1) is 0 Å². The SMILES string of the molecule is Cc1cc([C@@H]2CCOC2)nc(C)n1. The molecule has 0 aromatic carbocycles. The lowest BCUT2D eigenvalue weighted by molar-refractivity contribution is 0.193. The molecule has 0 saturated carbocycles. The minimum absolute atomic E-state index is 0.486. The lowest BCUT2D eigenvalue weighted by Gasteiger charge is -2.07. The van der Waals surface area contributed by atoms with Gasteiger partial charge in [0.1, 0.15) is 5.82 Å². The fourth-order valence-corrected chi connectivity index (χ4v) is 1.72. The fraction of sp³-hybridized carbons (Fsp3) is 0.600. The second-order valence-electron chi connectivity index (χ2n) is 3.54. The minimum Gasteiger partial charge on any atom is -0.381 e. The Morgan fingerprint density at radius 1 is 1.38 bits per heavy atom. The highest BCUT2D eigenvalue weighted by Gasteiger charge is 2.19. The molecule has 1 fully saturated rings. The van der Waals surface area contributed by atoms with E-state index in [1.165, 1.54) is 0 Å². The molecule has 3 heteroatoms. The predicted octanol–water partition coefficient (Wildman–Crippen LogP) is 1.60. The van der Waals surface area contributed by atoms with Gasteiger partial charge in [-0.05, 0) is 26.3 Å². The predicted molar refractivity (Wildman–Crippen MR) is 49.7 cm³/mol. The van der Waals surface area contributed by atoms with E-state index in [9.17, 15) is 0 Å². The normalized spacial score (nSPS) is 22.2. The van der Waals surface area contributed by atoms with E-state index in [-0.39, 0.29) is 0 Å². The number of aromatic nitrogens is 2. The summed E-state index contributed by atoms with van der Waals surface area (Å²) in [5.74, 6) is 1.35. The third-order valence-corrected chi connectivity index (χ3v) is 2.33. The van der Waals surface area contributed by atoms with Gasteiger partial charge in [0.05, 0.1) is 6.61 Å². The van der Waals surface area contributed by atoms with Crippen LogP contribution >= 0.6 is 0 Å². The Balaban J connectivity index is 2.28. The van der Waals surface area contributed by atoms with Crippen LogP contribution in [0.15, 0.2) is 6.07 Å². The van der Waals surface area contributed by atoms with Crippen molar-refractivity contribution in [3.8, 4) is 0 Å². The Labute approximate surface area is 78.2 Å². The van der Waals surface area contributed by atoms with Crippen molar-refractivity contribution in [3.63, 3.8) is 0 Å². The van der Waals surface area contributed by atoms with Crippen molar-refractivity contribution < 1.29 is 4.74 Å². The summed E-state index contributed by atoms with van der Waals surface area (Å²) in [6, 6.07) is 2.06. The van der Waals surface area contributed by atoms with Gasteiger partial charge < -0.3 is 4.74 Å². The van der Waals surface area contributed by atoms with Gasteiger partial charge in [-0.3, -0.25) is 0 Å². The number of aryl methyl sites for hydroxylation is 2. The molecule has 70 valence electrons. The quantitative estimate of drug-likeness (QED) is 0.655. The summed E-state index contributed by atoms with van der Waals surface area (Å²) >= 11 is 0. The van der Waals surface area contributed by atoms with Crippen LogP contribution in [0.3, 0.4) is 0 Å². The lowest BCUT2D eigenvalue weighted by atomic mass is 10.0. The van der Waals surface area contributed by atoms with Crippen LogP contribution in [0.4, 0.5) is 0 Å². The van der Waals surface area contributed by atoms with E-state index >= 15 is 0 Å². The van der Waals surface area contributed by atoms with E-state index in [4.69, 9.17) is 4.74 Å². The van der Waals surface area contributed by atoms with Gasteiger partial charge in [-0.25, -0.2) is 9.97 Å². The molecule has 0 spiro atoms. The Morgan fingerprint density at radius 3 is 2.85 bits per heavy atom. The largest absolute Gasteiger partial charge is 0.381 e. The summed E-state index contributed by atoms with van der Waals surface area (Å²) in [4.78, 5) is 8.68.